The van der Waals surface area contributed by atoms with Crippen LogP contribution >= 0.6 is 39.7 Å². The topological polar surface area (TPSA) is 38.0 Å². The van der Waals surface area contributed by atoms with Gasteiger partial charge in [-0.05, 0) is 30.3 Å². The fourth-order valence-electron chi connectivity index (χ4n) is 1.61. The minimum atomic E-state index is -0.467. The van der Waals surface area contributed by atoms with Crippen LogP contribution in [0.3, 0.4) is 0 Å². The average Bonchev–Trinajstić information content (AvgIpc) is 2.32. The third kappa shape index (κ3) is 3.23. The van der Waals surface area contributed by atoms with Crippen molar-refractivity contribution in [2.45, 2.75) is 0 Å². The second-order valence-corrected chi connectivity index (χ2v) is 5.54. The Labute approximate surface area is 128 Å². The van der Waals surface area contributed by atoms with Crippen molar-refractivity contribution in [3.63, 3.8) is 0 Å². The van der Waals surface area contributed by atoms with Crippen LogP contribution in [0.4, 0.5) is 15.8 Å². The number of thiocarbonyl (C=S) groups is 1. The minimum Gasteiger partial charge on any atom is -0.389 e. The zero-order valence-electron chi connectivity index (χ0n) is 9.58. The molecule has 0 unspecified atom stereocenters. The summed E-state index contributed by atoms with van der Waals surface area (Å²) < 4.78 is 14.6. The van der Waals surface area contributed by atoms with E-state index in [0.29, 0.717) is 16.4 Å². The van der Waals surface area contributed by atoms with Crippen LogP contribution in [0.1, 0.15) is 5.56 Å². The molecule has 0 radical (unpaired) electrons. The molecule has 0 saturated heterocycles. The molecule has 0 saturated carbocycles. The molecule has 0 aliphatic rings. The van der Waals surface area contributed by atoms with Gasteiger partial charge in [0.1, 0.15) is 10.8 Å². The normalized spacial score (nSPS) is 10.3. The number of hydrogen-bond donors (Lipinski definition) is 2. The van der Waals surface area contributed by atoms with E-state index in [9.17, 15) is 4.39 Å². The molecule has 2 rings (SSSR count). The van der Waals surface area contributed by atoms with Crippen molar-refractivity contribution in [1.82, 2.24) is 0 Å². The quantitative estimate of drug-likeness (QED) is 0.785. The smallest absolute Gasteiger partial charge is 0.135 e. The third-order valence-corrected chi connectivity index (χ3v) is 3.47. The molecule has 0 aliphatic heterocycles. The highest BCUT2D eigenvalue weighted by Crippen LogP contribution is 2.30. The molecule has 98 valence electrons. The van der Waals surface area contributed by atoms with Gasteiger partial charge in [0.15, 0.2) is 0 Å². The summed E-state index contributed by atoms with van der Waals surface area (Å²) in [6.45, 7) is 0. The first-order valence-corrected chi connectivity index (χ1v) is 6.87. The standard InChI is InChI=1S/C13H9BrClFN2S/c14-7-4-5-10(8(15)6-7)18-11-3-1-2-9(16)12(11)13(17)19/h1-6,18H,(H2,17,19). The number of rotatable bonds is 3. The molecule has 3 N–H and O–H groups in total. The monoisotopic (exact) mass is 358 g/mol. The Morgan fingerprint density at radius 3 is 2.63 bits per heavy atom. The summed E-state index contributed by atoms with van der Waals surface area (Å²) in [5, 5.41) is 3.54. The molecule has 0 spiro atoms. The molecule has 0 aliphatic carbocycles. The highest BCUT2D eigenvalue weighted by atomic mass is 79.9. The van der Waals surface area contributed by atoms with Crippen LogP contribution in [-0.4, -0.2) is 4.99 Å². The van der Waals surface area contributed by atoms with Gasteiger partial charge in [-0.1, -0.05) is 45.8 Å². The highest BCUT2D eigenvalue weighted by molar-refractivity contribution is 9.10. The fraction of sp³-hybridized carbons (Fsp3) is 0. The predicted molar refractivity (Wildman–Crippen MR) is 84.7 cm³/mol. The average molecular weight is 360 g/mol. The van der Waals surface area contributed by atoms with E-state index in [-0.39, 0.29) is 10.6 Å². The summed E-state index contributed by atoms with van der Waals surface area (Å²) in [7, 11) is 0. The van der Waals surface area contributed by atoms with Crippen molar-refractivity contribution < 1.29 is 4.39 Å². The maximum absolute atomic E-state index is 13.7. The molecular weight excluding hydrogens is 351 g/mol. The second-order valence-electron chi connectivity index (χ2n) is 3.78. The van der Waals surface area contributed by atoms with Gasteiger partial charge in [0, 0.05) is 4.47 Å². The lowest BCUT2D eigenvalue weighted by atomic mass is 10.1. The van der Waals surface area contributed by atoms with Crippen LogP contribution in [-0.2, 0) is 0 Å². The van der Waals surface area contributed by atoms with Crippen molar-refractivity contribution in [2.75, 3.05) is 5.32 Å². The maximum atomic E-state index is 13.7. The summed E-state index contributed by atoms with van der Waals surface area (Å²) in [5.74, 6) is -0.467. The highest BCUT2D eigenvalue weighted by Gasteiger charge is 2.12. The van der Waals surface area contributed by atoms with Gasteiger partial charge in [-0.25, -0.2) is 4.39 Å². The molecule has 0 heterocycles. The first-order valence-electron chi connectivity index (χ1n) is 5.29. The number of hydrogen-bond acceptors (Lipinski definition) is 2. The van der Waals surface area contributed by atoms with Gasteiger partial charge >= 0.3 is 0 Å². The molecule has 0 aromatic heterocycles. The maximum Gasteiger partial charge on any atom is 0.135 e. The van der Waals surface area contributed by atoms with E-state index in [1.54, 1.807) is 24.3 Å². The van der Waals surface area contributed by atoms with Crippen molar-refractivity contribution in [1.29, 1.82) is 0 Å². The first kappa shape index (κ1) is 14.2. The van der Waals surface area contributed by atoms with Gasteiger partial charge < -0.3 is 11.1 Å². The van der Waals surface area contributed by atoms with Crippen LogP contribution in [0.5, 0.6) is 0 Å². The predicted octanol–water partition coefficient (Wildman–Crippen LogP) is 4.62. The van der Waals surface area contributed by atoms with Gasteiger partial charge in [-0.15, -0.1) is 0 Å². The molecule has 2 nitrogen and oxygen atoms in total. The first-order chi connectivity index (χ1) is 8.99. The van der Waals surface area contributed by atoms with E-state index in [1.807, 2.05) is 6.07 Å². The fourth-order valence-corrected chi connectivity index (χ4v) is 2.54. The van der Waals surface area contributed by atoms with Crippen LogP contribution in [0.2, 0.25) is 5.02 Å². The summed E-state index contributed by atoms with van der Waals surface area (Å²) >= 11 is 14.3. The Bertz CT molecular complexity index is 649. The summed E-state index contributed by atoms with van der Waals surface area (Å²) in [6.07, 6.45) is 0. The molecule has 0 fully saturated rings. The van der Waals surface area contributed by atoms with Gasteiger partial charge in [-0.2, -0.15) is 0 Å². The lowest BCUT2D eigenvalue weighted by Crippen LogP contribution is -2.14. The van der Waals surface area contributed by atoms with E-state index >= 15 is 0 Å². The Kier molecular flexibility index (Phi) is 4.39. The number of nitrogens with two attached hydrogens (primary N) is 1. The second kappa shape index (κ2) is 5.86. The van der Waals surface area contributed by atoms with Crippen molar-refractivity contribution >= 4 is 56.1 Å². The number of halogens is 3. The van der Waals surface area contributed by atoms with Crippen molar-refractivity contribution in [3.05, 3.63) is 57.3 Å². The molecule has 2 aromatic carbocycles. The summed E-state index contributed by atoms with van der Waals surface area (Å²) in [5.41, 5.74) is 6.85. The molecule has 0 amide bonds. The largest absolute Gasteiger partial charge is 0.389 e. The van der Waals surface area contributed by atoms with Gasteiger partial charge in [0.2, 0.25) is 0 Å². The lowest BCUT2D eigenvalue weighted by molar-refractivity contribution is 0.626. The lowest BCUT2D eigenvalue weighted by Gasteiger charge is -2.13. The van der Waals surface area contributed by atoms with E-state index in [4.69, 9.17) is 29.6 Å². The molecule has 0 atom stereocenters. The van der Waals surface area contributed by atoms with Crippen molar-refractivity contribution in [2.24, 2.45) is 5.73 Å². The van der Waals surface area contributed by atoms with Crippen LogP contribution in [0.25, 0.3) is 0 Å². The SMILES string of the molecule is NC(=S)c1c(F)cccc1Nc1ccc(Br)cc1Cl. The Hall–Kier alpha value is -1.17. The van der Waals surface area contributed by atoms with E-state index < -0.39 is 5.82 Å². The van der Waals surface area contributed by atoms with Gasteiger partial charge in [0.05, 0.1) is 22.0 Å². The Balaban J connectivity index is 2.44. The van der Waals surface area contributed by atoms with Gasteiger partial charge in [-0.3, -0.25) is 0 Å². The minimum absolute atomic E-state index is 0.00571. The molecule has 2 aromatic rings. The van der Waals surface area contributed by atoms with Crippen LogP contribution < -0.4 is 11.1 Å². The number of benzene rings is 2. The third-order valence-electron chi connectivity index (χ3n) is 2.46. The number of nitrogens with one attached hydrogen (secondary N) is 1. The van der Waals surface area contributed by atoms with Crippen LogP contribution in [0.15, 0.2) is 40.9 Å². The molecule has 19 heavy (non-hydrogen) atoms. The zero-order valence-corrected chi connectivity index (χ0v) is 12.7. The number of anilines is 2. The van der Waals surface area contributed by atoms with E-state index in [2.05, 4.69) is 21.2 Å². The summed E-state index contributed by atoms with van der Waals surface area (Å²) in [6, 6.07) is 9.92. The van der Waals surface area contributed by atoms with Crippen molar-refractivity contribution in [3.8, 4) is 0 Å². The zero-order chi connectivity index (χ0) is 14.0. The van der Waals surface area contributed by atoms with E-state index in [0.717, 1.165) is 4.47 Å². The van der Waals surface area contributed by atoms with Crippen LogP contribution in [0, 0.1) is 5.82 Å². The van der Waals surface area contributed by atoms with Gasteiger partial charge in [0.25, 0.3) is 0 Å². The molecule has 6 heteroatoms. The molecule has 0 bridgehead atoms. The molecular formula is C13H9BrClFN2S. The Morgan fingerprint density at radius 1 is 1.26 bits per heavy atom. The Morgan fingerprint density at radius 2 is 2.00 bits per heavy atom. The summed E-state index contributed by atoms with van der Waals surface area (Å²) in [4.78, 5) is -0.00571. The van der Waals surface area contributed by atoms with E-state index in [1.165, 1.54) is 6.07 Å².